The van der Waals surface area contributed by atoms with E-state index in [1.165, 1.54) is 38.1 Å². The molecule has 0 atom stereocenters. The number of nitrogens with zero attached hydrogens (tertiary/aromatic N) is 5. The summed E-state index contributed by atoms with van der Waals surface area (Å²) >= 11 is 0. The van der Waals surface area contributed by atoms with Crippen LogP contribution in [0.2, 0.25) is 0 Å². The number of aromatic nitrogens is 2. The van der Waals surface area contributed by atoms with Gasteiger partial charge in [-0.2, -0.15) is 0 Å². The molecule has 7 heteroatoms. The van der Waals surface area contributed by atoms with Gasteiger partial charge in [-0.3, -0.25) is 19.2 Å². The van der Waals surface area contributed by atoms with Gasteiger partial charge in [0, 0.05) is 23.3 Å². The van der Waals surface area contributed by atoms with Crippen LogP contribution >= 0.6 is 0 Å². The Bertz CT molecular complexity index is 989. The highest BCUT2D eigenvalue weighted by Gasteiger charge is 2.19. The zero-order valence-corrected chi connectivity index (χ0v) is 15.7. The highest BCUT2D eigenvalue weighted by molar-refractivity contribution is 5.97. The maximum Gasteiger partial charge on any atom is 0.295 e. The number of carbonyl (C=O) groups excluding carboxylic acids is 1. The lowest BCUT2D eigenvalue weighted by molar-refractivity contribution is 0.0995. The summed E-state index contributed by atoms with van der Waals surface area (Å²) in [6.45, 7) is 2.63. The van der Waals surface area contributed by atoms with E-state index in [4.69, 9.17) is 0 Å². The summed E-state index contributed by atoms with van der Waals surface area (Å²) in [5.41, 5.74) is 1.62. The number of fused-ring (bicyclic) bond motifs is 1. The number of pyridine rings is 1. The Morgan fingerprint density at radius 3 is 2.50 bits per heavy atom. The fraction of sp³-hybridized carbons (Fsp3) is 0.333. The Hall–Kier alpha value is -3.06. The molecular formula is C21H23N5O2. The first-order chi connectivity index (χ1) is 13.7. The molecule has 1 saturated heterocycles. The Kier molecular flexibility index (Phi) is 5.43. The summed E-state index contributed by atoms with van der Waals surface area (Å²) in [6, 6.07) is 10.8. The minimum absolute atomic E-state index is 0.0386. The number of rotatable bonds is 4. The summed E-state index contributed by atoms with van der Waals surface area (Å²) in [6.07, 6.45) is 7.93. The fourth-order valence-corrected chi connectivity index (χ4v) is 3.64. The summed E-state index contributed by atoms with van der Waals surface area (Å²) in [4.78, 5) is 18.5. The lowest BCUT2D eigenvalue weighted by Crippen LogP contribution is -2.27. The third-order valence-electron chi connectivity index (χ3n) is 5.13. The maximum atomic E-state index is 12.2. The van der Waals surface area contributed by atoms with Gasteiger partial charge in [-0.25, -0.2) is 0 Å². The normalized spacial score (nSPS) is 15.9. The van der Waals surface area contributed by atoms with Crippen molar-refractivity contribution < 1.29 is 9.90 Å². The van der Waals surface area contributed by atoms with E-state index in [-0.39, 0.29) is 5.88 Å². The van der Waals surface area contributed by atoms with E-state index in [9.17, 15) is 9.90 Å². The molecule has 1 aliphatic heterocycles. The van der Waals surface area contributed by atoms with Gasteiger partial charge >= 0.3 is 0 Å². The highest BCUT2D eigenvalue weighted by Crippen LogP contribution is 2.39. The lowest BCUT2D eigenvalue weighted by Gasteiger charge is -2.21. The smallest absolute Gasteiger partial charge is 0.295 e. The number of hydrogen-bond donors (Lipinski definition) is 1. The number of carbonyl (C=O) groups is 1. The second kappa shape index (κ2) is 8.31. The molecular weight excluding hydrogens is 354 g/mol. The summed E-state index contributed by atoms with van der Waals surface area (Å²) < 4.78 is 1.85. The van der Waals surface area contributed by atoms with Crippen LogP contribution in [0.4, 0.5) is 5.69 Å². The molecule has 2 aromatic heterocycles. The highest BCUT2D eigenvalue weighted by atomic mass is 16.3. The van der Waals surface area contributed by atoms with E-state index < -0.39 is 5.91 Å². The number of para-hydroxylation sites is 1. The Morgan fingerprint density at radius 2 is 1.75 bits per heavy atom. The molecule has 1 fully saturated rings. The van der Waals surface area contributed by atoms with Crippen LogP contribution in [0, 0.1) is 0 Å². The number of amides is 1. The summed E-state index contributed by atoms with van der Waals surface area (Å²) in [7, 11) is 0. The molecule has 7 nitrogen and oxygen atoms in total. The SMILES string of the molecule is O=C(N=Nc1c(O)n(CN2CCCCCC2)c2ccccc12)c1ccncc1. The van der Waals surface area contributed by atoms with Gasteiger partial charge in [0.15, 0.2) is 5.69 Å². The molecule has 1 aliphatic rings. The van der Waals surface area contributed by atoms with Crippen LogP contribution in [0.3, 0.4) is 0 Å². The predicted molar refractivity (Wildman–Crippen MR) is 107 cm³/mol. The lowest BCUT2D eigenvalue weighted by atomic mass is 10.2. The molecule has 0 unspecified atom stereocenters. The van der Waals surface area contributed by atoms with Crippen LogP contribution in [0.25, 0.3) is 10.9 Å². The summed E-state index contributed by atoms with van der Waals surface area (Å²) in [5, 5.41) is 19.6. The van der Waals surface area contributed by atoms with E-state index >= 15 is 0 Å². The van der Waals surface area contributed by atoms with Crippen molar-refractivity contribution in [2.75, 3.05) is 13.1 Å². The topological polar surface area (TPSA) is 83.1 Å². The van der Waals surface area contributed by atoms with Crippen LogP contribution in [0.5, 0.6) is 5.88 Å². The van der Waals surface area contributed by atoms with Crippen LogP contribution in [0.15, 0.2) is 59.0 Å². The van der Waals surface area contributed by atoms with Crippen molar-refractivity contribution in [2.45, 2.75) is 32.4 Å². The van der Waals surface area contributed by atoms with Crippen molar-refractivity contribution >= 4 is 22.5 Å². The first-order valence-electron chi connectivity index (χ1n) is 9.62. The molecule has 1 aromatic carbocycles. The molecule has 0 saturated carbocycles. The van der Waals surface area contributed by atoms with Crippen molar-refractivity contribution in [1.82, 2.24) is 14.5 Å². The number of hydrogen-bond acceptors (Lipinski definition) is 5. The van der Waals surface area contributed by atoms with E-state index in [0.717, 1.165) is 24.0 Å². The maximum absolute atomic E-state index is 12.2. The molecule has 144 valence electrons. The Labute approximate surface area is 163 Å². The van der Waals surface area contributed by atoms with E-state index in [2.05, 4.69) is 20.1 Å². The third kappa shape index (κ3) is 3.80. The molecule has 0 aliphatic carbocycles. The molecule has 3 aromatic rings. The zero-order valence-electron chi connectivity index (χ0n) is 15.7. The number of azo groups is 1. The Balaban J connectivity index is 1.66. The molecule has 1 amide bonds. The Morgan fingerprint density at radius 1 is 1.04 bits per heavy atom. The van der Waals surface area contributed by atoms with Gasteiger partial charge in [-0.15, -0.1) is 10.2 Å². The van der Waals surface area contributed by atoms with E-state index in [0.29, 0.717) is 17.9 Å². The molecule has 1 N–H and O–H groups in total. The minimum atomic E-state index is -0.467. The predicted octanol–water partition coefficient (Wildman–Crippen LogP) is 4.50. The van der Waals surface area contributed by atoms with Gasteiger partial charge in [-0.1, -0.05) is 31.0 Å². The average Bonchev–Trinajstić information content (AvgIpc) is 2.89. The number of aromatic hydroxyl groups is 1. The summed E-state index contributed by atoms with van der Waals surface area (Å²) in [5.74, 6) is -0.428. The molecule has 4 rings (SSSR count). The van der Waals surface area contributed by atoms with Gasteiger partial charge in [-0.05, 0) is 44.1 Å². The first-order valence-corrected chi connectivity index (χ1v) is 9.62. The standard InChI is InChI=1S/C21H23N5O2/c27-20(16-9-11-22-12-10-16)24-23-19-17-7-3-4-8-18(17)26(21(19)28)15-25-13-5-1-2-6-14-25/h3-4,7-12,28H,1-2,5-6,13-15H2. The van der Waals surface area contributed by atoms with Gasteiger partial charge in [0.25, 0.3) is 5.91 Å². The minimum Gasteiger partial charge on any atom is -0.493 e. The second-order valence-corrected chi connectivity index (χ2v) is 7.03. The van der Waals surface area contributed by atoms with Crippen molar-refractivity contribution in [3.05, 3.63) is 54.4 Å². The van der Waals surface area contributed by atoms with E-state index in [1.807, 2.05) is 28.8 Å². The molecule has 0 radical (unpaired) electrons. The van der Waals surface area contributed by atoms with Crippen LogP contribution in [-0.2, 0) is 6.67 Å². The fourth-order valence-electron chi connectivity index (χ4n) is 3.64. The first kappa shape index (κ1) is 18.3. The average molecular weight is 377 g/mol. The van der Waals surface area contributed by atoms with Crippen molar-refractivity contribution in [3.63, 3.8) is 0 Å². The quantitative estimate of drug-likeness (QED) is 0.679. The van der Waals surface area contributed by atoms with Gasteiger partial charge in [0.1, 0.15) is 0 Å². The molecule has 0 bridgehead atoms. The second-order valence-electron chi connectivity index (χ2n) is 7.03. The van der Waals surface area contributed by atoms with Gasteiger partial charge < -0.3 is 5.11 Å². The number of benzene rings is 1. The molecule has 0 spiro atoms. The van der Waals surface area contributed by atoms with Crippen LogP contribution in [-0.4, -0.2) is 38.6 Å². The number of likely N-dealkylation sites (tertiary alicyclic amines) is 1. The molecule has 3 heterocycles. The van der Waals surface area contributed by atoms with Crippen LogP contribution < -0.4 is 0 Å². The third-order valence-corrected chi connectivity index (χ3v) is 5.13. The zero-order chi connectivity index (χ0) is 19.3. The molecule has 28 heavy (non-hydrogen) atoms. The largest absolute Gasteiger partial charge is 0.493 e. The van der Waals surface area contributed by atoms with E-state index in [1.54, 1.807) is 12.1 Å². The van der Waals surface area contributed by atoms with Gasteiger partial charge in [0.2, 0.25) is 5.88 Å². The van der Waals surface area contributed by atoms with Crippen molar-refractivity contribution in [2.24, 2.45) is 10.2 Å². The van der Waals surface area contributed by atoms with Crippen molar-refractivity contribution in [3.8, 4) is 5.88 Å². The monoisotopic (exact) mass is 377 g/mol. The van der Waals surface area contributed by atoms with Gasteiger partial charge in [0.05, 0.1) is 12.2 Å². The van der Waals surface area contributed by atoms with Crippen LogP contribution in [0.1, 0.15) is 36.0 Å². The van der Waals surface area contributed by atoms with Crippen molar-refractivity contribution in [1.29, 1.82) is 0 Å².